The third-order valence-electron chi connectivity index (χ3n) is 2.74. The van der Waals surface area contributed by atoms with Gasteiger partial charge in [-0.1, -0.05) is 36.4 Å². The average molecular weight is 228 g/mol. The van der Waals surface area contributed by atoms with Crippen LogP contribution in [0.4, 0.5) is 4.39 Å². The summed E-state index contributed by atoms with van der Waals surface area (Å²) < 4.78 is 13.3. The van der Waals surface area contributed by atoms with Crippen LogP contribution in [0.1, 0.15) is 17.2 Å². The van der Waals surface area contributed by atoms with Crippen LogP contribution >= 0.6 is 0 Å². The van der Waals surface area contributed by atoms with Crippen molar-refractivity contribution in [2.24, 2.45) is 0 Å². The Balaban J connectivity index is 2.43. The van der Waals surface area contributed by atoms with Gasteiger partial charge < -0.3 is 0 Å². The number of hydrogen-bond acceptors (Lipinski definition) is 1. The lowest BCUT2D eigenvalue weighted by molar-refractivity contribution is 0.341. The molecule has 0 heterocycles. The summed E-state index contributed by atoms with van der Waals surface area (Å²) in [6, 6.07) is 17.6. The van der Waals surface area contributed by atoms with Crippen LogP contribution in [0.2, 0.25) is 0 Å². The maximum Gasteiger partial charge on any atom is 0.123 e. The van der Waals surface area contributed by atoms with Crippen molar-refractivity contribution in [3.8, 4) is 0 Å². The lowest BCUT2D eigenvalue weighted by Crippen LogP contribution is -2.21. The van der Waals surface area contributed by atoms with E-state index >= 15 is 0 Å². The van der Waals surface area contributed by atoms with Gasteiger partial charge in [0.1, 0.15) is 5.82 Å². The van der Waals surface area contributed by atoms with Crippen LogP contribution in [0.25, 0.3) is 0 Å². The fourth-order valence-electron chi connectivity index (χ4n) is 2.05. The van der Waals surface area contributed by atoms with Gasteiger partial charge in [0.2, 0.25) is 0 Å². The third kappa shape index (κ3) is 2.71. The van der Waals surface area contributed by atoms with Crippen molar-refractivity contribution >= 4 is 0 Å². The molecule has 17 heavy (non-hydrogen) atoms. The third-order valence-corrected chi connectivity index (χ3v) is 2.74. The Labute approximate surface area is 102 Å². The molecule has 1 unspecified atom stereocenters. The van der Waals surface area contributed by atoms with Crippen molar-refractivity contribution in [1.82, 2.24) is 4.90 Å². The molecule has 0 N–H and O–H groups in total. The first-order chi connectivity index (χ1) is 8.18. The molecule has 0 spiro atoms. The van der Waals surface area contributed by atoms with Gasteiger partial charge in [-0.25, -0.2) is 4.39 Å². The van der Waals surface area contributed by atoms with Crippen LogP contribution in [0.5, 0.6) is 0 Å². The monoisotopic (exact) mass is 228 g/mol. The molecule has 2 rings (SSSR count). The second-order valence-electron chi connectivity index (χ2n) is 4.25. The van der Waals surface area contributed by atoms with Crippen LogP contribution in [0.3, 0.4) is 0 Å². The summed E-state index contributed by atoms with van der Waals surface area (Å²) >= 11 is 0. The van der Waals surface area contributed by atoms with E-state index in [0.717, 1.165) is 11.1 Å². The Kier molecular flexibility index (Phi) is 3.55. The fourth-order valence-corrected chi connectivity index (χ4v) is 2.05. The Hall–Kier alpha value is -1.67. The standard InChI is InChI=1S/C15H15FN/c1-17(2)15(12-7-4-3-5-8-12)13-9-6-10-14(16)11-13/h4-11,15H,1-2H3. The summed E-state index contributed by atoms with van der Waals surface area (Å²) in [5.74, 6) is -0.197. The van der Waals surface area contributed by atoms with Crippen molar-refractivity contribution in [3.63, 3.8) is 0 Å². The van der Waals surface area contributed by atoms with E-state index in [4.69, 9.17) is 0 Å². The van der Waals surface area contributed by atoms with Crippen LogP contribution < -0.4 is 0 Å². The van der Waals surface area contributed by atoms with Crippen LogP contribution in [0.15, 0.2) is 48.5 Å². The Bertz CT molecular complexity index is 479. The first-order valence-corrected chi connectivity index (χ1v) is 5.56. The molecule has 1 nitrogen and oxygen atoms in total. The smallest absolute Gasteiger partial charge is 0.123 e. The lowest BCUT2D eigenvalue weighted by atomic mass is 9.98. The largest absolute Gasteiger partial charge is 0.299 e. The van der Waals surface area contributed by atoms with Gasteiger partial charge in [0.15, 0.2) is 0 Å². The van der Waals surface area contributed by atoms with E-state index in [1.54, 1.807) is 12.1 Å². The summed E-state index contributed by atoms with van der Waals surface area (Å²) in [6.07, 6.45) is 0. The highest BCUT2D eigenvalue weighted by Crippen LogP contribution is 2.26. The summed E-state index contributed by atoms with van der Waals surface area (Å²) in [4.78, 5) is 2.07. The van der Waals surface area contributed by atoms with E-state index < -0.39 is 0 Å². The number of benzene rings is 2. The molecular weight excluding hydrogens is 213 g/mol. The summed E-state index contributed by atoms with van der Waals surface area (Å²) in [5.41, 5.74) is 2.10. The Morgan fingerprint density at radius 1 is 1.06 bits per heavy atom. The maximum absolute atomic E-state index is 13.3. The fraction of sp³-hybridized carbons (Fsp3) is 0.200. The number of hydrogen-bond donors (Lipinski definition) is 0. The molecule has 87 valence electrons. The molecule has 0 aliphatic heterocycles. The highest BCUT2D eigenvalue weighted by atomic mass is 19.1. The molecule has 1 atom stereocenters. The molecule has 0 aliphatic rings. The second-order valence-corrected chi connectivity index (χ2v) is 4.25. The predicted molar refractivity (Wildman–Crippen MR) is 67.2 cm³/mol. The zero-order chi connectivity index (χ0) is 12.3. The molecule has 1 radical (unpaired) electrons. The minimum Gasteiger partial charge on any atom is -0.299 e. The van der Waals surface area contributed by atoms with Crippen molar-refractivity contribution < 1.29 is 4.39 Å². The summed E-state index contributed by atoms with van der Waals surface area (Å²) in [5, 5.41) is 0. The highest BCUT2D eigenvalue weighted by molar-refractivity contribution is 5.31. The zero-order valence-corrected chi connectivity index (χ0v) is 10.0. The lowest BCUT2D eigenvalue weighted by Gasteiger charge is -2.25. The van der Waals surface area contributed by atoms with Gasteiger partial charge in [0.25, 0.3) is 0 Å². The normalized spacial score (nSPS) is 12.7. The topological polar surface area (TPSA) is 3.24 Å². The molecule has 0 aliphatic carbocycles. The van der Waals surface area contributed by atoms with Crippen LogP contribution in [-0.2, 0) is 0 Å². The second kappa shape index (κ2) is 5.11. The predicted octanol–water partition coefficient (Wildman–Crippen LogP) is 3.28. The SMILES string of the molecule is CN(C)C(c1cc[c]cc1)c1cccc(F)c1. The highest BCUT2D eigenvalue weighted by Gasteiger charge is 2.16. The Morgan fingerprint density at radius 2 is 1.76 bits per heavy atom. The van der Waals surface area contributed by atoms with E-state index in [9.17, 15) is 4.39 Å². The van der Waals surface area contributed by atoms with Gasteiger partial charge in [-0.3, -0.25) is 4.90 Å². The van der Waals surface area contributed by atoms with Gasteiger partial charge in [-0.05, 0) is 43.4 Å². The first-order valence-electron chi connectivity index (χ1n) is 5.56. The van der Waals surface area contributed by atoms with E-state index in [0.29, 0.717) is 0 Å². The molecule has 2 heteroatoms. The molecule has 0 fully saturated rings. The first kappa shape index (κ1) is 11.8. The van der Waals surface area contributed by atoms with Gasteiger partial charge in [-0.2, -0.15) is 0 Å². The number of halogens is 1. The molecule has 0 saturated carbocycles. The maximum atomic E-state index is 13.3. The van der Waals surface area contributed by atoms with Crippen LogP contribution in [-0.4, -0.2) is 19.0 Å². The molecule has 0 saturated heterocycles. The van der Waals surface area contributed by atoms with E-state index in [-0.39, 0.29) is 11.9 Å². The van der Waals surface area contributed by atoms with E-state index in [1.807, 2.05) is 44.4 Å². The van der Waals surface area contributed by atoms with Crippen molar-refractivity contribution in [2.45, 2.75) is 6.04 Å². The molecule has 2 aromatic carbocycles. The molecule has 0 amide bonds. The molecule has 0 bridgehead atoms. The average Bonchev–Trinajstić information content (AvgIpc) is 2.30. The van der Waals surface area contributed by atoms with Crippen molar-refractivity contribution in [1.29, 1.82) is 0 Å². The van der Waals surface area contributed by atoms with Gasteiger partial charge in [0.05, 0.1) is 6.04 Å². The number of nitrogens with zero attached hydrogens (tertiary/aromatic N) is 1. The van der Waals surface area contributed by atoms with E-state index in [2.05, 4.69) is 11.0 Å². The molecule has 2 aromatic rings. The van der Waals surface area contributed by atoms with Gasteiger partial charge in [0, 0.05) is 0 Å². The van der Waals surface area contributed by atoms with Gasteiger partial charge >= 0.3 is 0 Å². The van der Waals surface area contributed by atoms with Crippen LogP contribution in [0, 0.1) is 11.9 Å². The van der Waals surface area contributed by atoms with Crippen molar-refractivity contribution in [2.75, 3.05) is 14.1 Å². The van der Waals surface area contributed by atoms with E-state index in [1.165, 1.54) is 6.07 Å². The number of rotatable bonds is 3. The molecule has 0 aromatic heterocycles. The minimum absolute atomic E-state index is 0.0697. The Morgan fingerprint density at radius 3 is 2.35 bits per heavy atom. The van der Waals surface area contributed by atoms with Crippen molar-refractivity contribution in [3.05, 3.63) is 71.5 Å². The summed E-state index contributed by atoms with van der Waals surface area (Å²) in [6.45, 7) is 0. The van der Waals surface area contributed by atoms with Gasteiger partial charge in [-0.15, -0.1) is 0 Å². The zero-order valence-electron chi connectivity index (χ0n) is 10.0. The quantitative estimate of drug-likeness (QED) is 0.779. The summed E-state index contributed by atoms with van der Waals surface area (Å²) in [7, 11) is 3.98. The minimum atomic E-state index is -0.197. The molecular formula is C15H15FN.